The van der Waals surface area contributed by atoms with Gasteiger partial charge in [0.1, 0.15) is 0 Å². The zero-order valence-corrected chi connectivity index (χ0v) is 16.7. The van der Waals surface area contributed by atoms with Crippen molar-refractivity contribution < 1.29 is 0 Å². The van der Waals surface area contributed by atoms with E-state index in [0.29, 0.717) is 0 Å². The van der Waals surface area contributed by atoms with Gasteiger partial charge < -0.3 is 0 Å². The number of rotatable bonds is 1. The molecular formula is C29H22. The Morgan fingerprint density at radius 3 is 2.07 bits per heavy atom. The van der Waals surface area contributed by atoms with E-state index in [4.69, 9.17) is 0 Å². The van der Waals surface area contributed by atoms with Gasteiger partial charge in [-0.1, -0.05) is 98.8 Å². The van der Waals surface area contributed by atoms with Crippen molar-refractivity contribution >= 4 is 21.5 Å². The Morgan fingerprint density at radius 2 is 1.21 bits per heavy atom. The van der Waals surface area contributed by atoms with Crippen LogP contribution in [0.5, 0.6) is 0 Å². The Hall–Kier alpha value is -3.38. The molecule has 5 aromatic carbocycles. The normalized spacial score (nSPS) is 14.1. The molecule has 0 heterocycles. The third kappa shape index (κ3) is 2.26. The molecule has 0 saturated carbocycles. The average molecular weight is 370 g/mol. The van der Waals surface area contributed by atoms with Crippen molar-refractivity contribution in [3.8, 4) is 22.3 Å². The average Bonchev–Trinajstić information content (AvgIpc) is 3.00. The van der Waals surface area contributed by atoms with Gasteiger partial charge in [-0.3, -0.25) is 0 Å². The van der Waals surface area contributed by atoms with Gasteiger partial charge in [-0.05, 0) is 67.1 Å². The summed E-state index contributed by atoms with van der Waals surface area (Å²) in [7, 11) is 0. The molecule has 0 bridgehead atoms. The maximum atomic E-state index is 2.45. The highest BCUT2D eigenvalue weighted by atomic mass is 14.4. The summed E-state index contributed by atoms with van der Waals surface area (Å²) in [5.74, 6) is 0. The molecule has 6 rings (SSSR count). The van der Waals surface area contributed by atoms with Crippen molar-refractivity contribution in [1.82, 2.24) is 0 Å². The number of hydrogen-bond acceptors (Lipinski definition) is 0. The molecule has 0 aliphatic heterocycles. The summed E-state index contributed by atoms with van der Waals surface area (Å²) in [5, 5.41) is 5.26. The van der Waals surface area contributed by atoms with Gasteiger partial charge in [0.2, 0.25) is 0 Å². The van der Waals surface area contributed by atoms with E-state index in [1.165, 1.54) is 54.9 Å². The van der Waals surface area contributed by atoms with Crippen molar-refractivity contribution in [1.29, 1.82) is 0 Å². The molecule has 0 spiro atoms. The summed E-state index contributed by atoms with van der Waals surface area (Å²) in [6.45, 7) is 4.72. The SMILES string of the molecule is CC1(C)c2ccccc2-c2c1cc(-c1ccc3ccccc3c1)c1ccccc21. The van der Waals surface area contributed by atoms with E-state index < -0.39 is 0 Å². The molecule has 1 aliphatic carbocycles. The Balaban J connectivity index is 1.72. The predicted octanol–water partition coefficient (Wildman–Crippen LogP) is 7.97. The van der Waals surface area contributed by atoms with E-state index in [2.05, 4.69) is 111 Å². The van der Waals surface area contributed by atoms with Crippen LogP contribution in [0.4, 0.5) is 0 Å². The minimum Gasteiger partial charge on any atom is -0.0619 e. The second-order valence-electron chi connectivity index (χ2n) is 8.62. The maximum Gasteiger partial charge on any atom is 0.0159 e. The third-order valence-electron chi connectivity index (χ3n) is 6.65. The number of hydrogen-bond donors (Lipinski definition) is 0. The van der Waals surface area contributed by atoms with Gasteiger partial charge in [-0.25, -0.2) is 0 Å². The molecule has 5 aromatic rings. The Kier molecular flexibility index (Phi) is 3.32. The molecule has 0 saturated heterocycles. The molecule has 0 radical (unpaired) electrons. The fourth-order valence-electron chi connectivity index (χ4n) is 5.15. The van der Waals surface area contributed by atoms with Gasteiger partial charge in [0, 0.05) is 5.41 Å². The molecule has 0 nitrogen and oxygen atoms in total. The van der Waals surface area contributed by atoms with Crippen LogP contribution in [0.3, 0.4) is 0 Å². The first-order chi connectivity index (χ1) is 14.1. The molecule has 0 fully saturated rings. The van der Waals surface area contributed by atoms with Crippen molar-refractivity contribution in [3.05, 3.63) is 108 Å². The third-order valence-corrected chi connectivity index (χ3v) is 6.65. The summed E-state index contributed by atoms with van der Waals surface area (Å²) in [5.41, 5.74) is 8.26. The summed E-state index contributed by atoms with van der Waals surface area (Å²) in [6, 6.07) is 35.7. The van der Waals surface area contributed by atoms with E-state index in [-0.39, 0.29) is 5.41 Å². The summed E-state index contributed by atoms with van der Waals surface area (Å²) in [6.07, 6.45) is 0. The van der Waals surface area contributed by atoms with Crippen molar-refractivity contribution in [3.63, 3.8) is 0 Å². The molecule has 0 heteroatoms. The summed E-state index contributed by atoms with van der Waals surface area (Å²) < 4.78 is 0. The molecule has 0 N–H and O–H groups in total. The highest BCUT2D eigenvalue weighted by Crippen LogP contribution is 2.53. The Morgan fingerprint density at radius 1 is 0.517 bits per heavy atom. The predicted molar refractivity (Wildman–Crippen MR) is 124 cm³/mol. The Labute approximate surface area is 171 Å². The lowest BCUT2D eigenvalue weighted by molar-refractivity contribution is 0.661. The van der Waals surface area contributed by atoms with Gasteiger partial charge in [-0.2, -0.15) is 0 Å². The second kappa shape index (κ2) is 5.81. The largest absolute Gasteiger partial charge is 0.0619 e. The van der Waals surface area contributed by atoms with Crippen LogP contribution in [0.2, 0.25) is 0 Å². The fraction of sp³-hybridized carbons (Fsp3) is 0.103. The standard InChI is InChI=1S/C29H22/c1-29(2)26-14-8-7-13-24(26)28-23-12-6-5-11-22(23)25(18-27(28)29)21-16-15-19-9-3-4-10-20(19)17-21/h3-18H,1-2H3. The number of benzene rings is 5. The van der Waals surface area contributed by atoms with Crippen LogP contribution in [0.25, 0.3) is 43.8 Å². The van der Waals surface area contributed by atoms with Crippen LogP contribution < -0.4 is 0 Å². The first-order valence-electron chi connectivity index (χ1n) is 10.3. The van der Waals surface area contributed by atoms with E-state index >= 15 is 0 Å². The number of fused-ring (bicyclic) bond motifs is 6. The van der Waals surface area contributed by atoms with Crippen LogP contribution in [0, 0.1) is 0 Å². The van der Waals surface area contributed by atoms with Gasteiger partial charge in [0.05, 0.1) is 0 Å². The van der Waals surface area contributed by atoms with Crippen molar-refractivity contribution in [2.45, 2.75) is 19.3 Å². The molecule has 138 valence electrons. The van der Waals surface area contributed by atoms with E-state index in [1.807, 2.05) is 0 Å². The first-order valence-corrected chi connectivity index (χ1v) is 10.3. The zero-order chi connectivity index (χ0) is 19.6. The maximum absolute atomic E-state index is 2.45. The van der Waals surface area contributed by atoms with E-state index in [9.17, 15) is 0 Å². The van der Waals surface area contributed by atoms with Crippen LogP contribution in [-0.4, -0.2) is 0 Å². The summed E-state index contributed by atoms with van der Waals surface area (Å²) >= 11 is 0. The second-order valence-corrected chi connectivity index (χ2v) is 8.62. The molecule has 1 aliphatic rings. The molecule has 0 atom stereocenters. The molecule has 0 unspecified atom stereocenters. The highest BCUT2D eigenvalue weighted by Gasteiger charge is 2.36. The lowest BCUT2D eigenvalue weighted by Crippen LogP contribution is -2.15. The lowest BCUT2D eigenvalue weighted by Gasteiger charge is -2.23. The monoisotopic (exact) mass is 370 g/mol. The van der Waals surface area contributed by atoms with Gasteiger partial charge in [-0.15, -0.1) is 0 Å². The summed E-state index contributed by atoms with van der Waals surface area (Å²) in [4.78, 5) is 0. The van der Waals surface area contributed by atoms with Gasteiger partial charge in [0.15, 0.2) is 0 Å². The Bertz CT molecular complexity index is 1420. The van der Waals surface area contributed by atoms with Crippen LogP contribution in [0.15, 0.2) is 97.1 Å². The molecular weight excluding hydrogens is 348 g/mol. The highest BCUT2D eigenvalue weighted by molar-refractivity contribution is 6.09. The van der Waals surface area contributed by atoms with Crippen LogP contribution in [0.1, 0.15) is 25.0 Å². The first kappa shape index (κ1) is 16.6. The topological polar surface area (TPSA) is 0 Å². The van der Waals surface area contributed by atoms with E-state index in [1.54, 1.807) is 0 Å². The molecule has 0 aromatic heterocycles. The lowest BCUT2D eigenvalue weighted by atomic mass is 9.80. The minimum absolute atomic E-state index is 0.00154. The van der Waals surface area contributed by atoms with E-state index in [0.717, 1.165) is 0 Å². The molecule has 0 amide bonds. The van der Waals surface area contributed by atoms with Crippen molar-refractivity contribution in [2.24, 2.45) is 0 Å². The van der Waals surface area contributed by atoms with Crippen molar-refractivity contribution in [2.75, 3.05) is 0 Å². The smallest absolute Gasteiger partial charge is 0.0159 e. The van der Waals surface area contributed by atoms with Crippen LogP contribution in [-0.2, 0) is 5.41 Å². The van der Waals surface area contributed by atoms with Gasteiger partial charge in [0.25, 0.3) is 0 Å². The fourth-order valence-corrected chi connectivity index (χ4v) is 5.15. The zero-order valence-electron chi connectivity index (χ0n) is 16.7. The minimum atomic E-state index is 0.00154. The van der Waals surface area contributed by atoms with Gasteiger partial charge >= 0.3 is 0 Å². The van der Waals surface area contributed by atoms with Crippen LogP contribution >= 0.6 is 0 Å². The molecule has 29 heavy (non-hydrogen) atoms. The quantitative estimate of drug-likeness (QED) is 0.281.